The quantitative estimate of drug-likeness (QED) is 0.607. The molecule has 6 heteroatoms. The standard InChI is InChI=1S/C10H8ClF3O2/c1-5(11)9(15)7-3-2-6(4-8(7)12)16-10(13)14/h2-5,10H,1H3. The molecule has 0 spiro atoms. The number of halogens is 4. The van der Waals surface area contributed by atoms with Gasteiger partial charge in [-0.3, -0.25) is 4.79 Å². The Labute approximate surface area is 95.0 Å². The molecule has 1 aromatic carbocycles. The van der Waals surface area contributed by atoms with Gasteiger partial charge in [-0.2, -0.15) is 8.78 Å². The van der Waals surface area contributed by atoms with Crippen molar-refractivity contribution < 1.29 is 22.7 Å². The number of carbonyl (C=O) groups is 1. The Morgan fingerprint density at radius 1 is 1.44 bits per heavy atom. The van der Waals surface area contributed by atoms with Crippen molar-refractivity contribution in [1.82, 2.24) is 0 Å². The van der Waals surface area contributed by atoms with E-state index in [0.29, 0.717) is 0 Å². The van der Waals surface area contributed by atoms with E-state index in [1.165, 1.54) is 6.92 Å². The fraction of sp³-hybridized carbons (Fsp3) is 0.300. The van der Waals surface area contributed by atoms with E-state index in [4.69, 9.17) is 11.6 Å². The van der Waals surface area contributed by atoms with Gasteiger partial charge < -0.3 is 4.74 Å². The van der Waals surface area contributed by atoms with Crippen molar-refractivity contribution in [2.75, 3.05) is 0 Å². The maximum atomic E-state index is 13.3. The van der Waals surface area contributed by atoms with Crippen molar-refractivity contribution >= 4 is 17.4 Å². The Bertz CT molecular complexity index is 394. The zero-order valence-corrected chi connectivity index (χ0v) is 8.97. The van der Waals surface area contributed by atoms with Crippen molar-refractivity contribution in [3.63, 3.8) is 0 Å². The highest BCUT2D eigenvalue weighted by Crippen LogP contribution is 2.20. The van der Waals surface area contributed by atoms with Crippen LogP contribution in [0, 0.1) is 5.82 Å². The smallest absolute Gasteiger partial charge is 0.387 e. The summed E-state index contributed by atoms with van der Waals surface area (Å²) in [6.07, 6.45) is 0. The molecule has 2 nitrogen and oxygen atoms in total. The van der Waals surface area contributed by atoms with Crippen LogP contribution in [-0.4, -0.2) is 17.8 Å². The predicted molar refractivity (Wildman–Crippen MR) is 52.7 cm³/mol. The highest BCUT2D eigenvalue weighted by atomic mass is 35.5. The first kappa shape index (κ1) is 12.8. The zero-order valence-electron chi connectivity index (χ0n) is 8.22. The van der Waals surface area contributed by atoms with Crippen LogP contribution in [0.2, 0.25) is 0 Å². The summed E-state index contributed by atoms with van der Waals surface area (Å²) in [6, 6.07) is 2.87. The van der Waals surface area contributed by atoms with Gasteiger partial charge in [0.05, 0.1) is 10.9 Å². The average Bonchev–Trinajstić information content (AvgIpc) is 2.15. The molecule has 0 aliphatic heterocycles. The van der Waals surface area contributed by atoms with Gasteiger partial charge in [0.2, 0.25) is 0 Å². The first-order chi connectivity index (χ1) is 7.41. The lowest BCUT2D eigenvalue weighted by molar-refractivity contribution is -0.0499. The fourth-order valence-electron chi connectivity index (χ4n) is 1.09. The van der Waals surface area contributed by atoms with Crippen molar-refractivity contribution in [3.05, 3.63) is 29.6 Å². The minimum absolute atomic E-state index is 0.246. The molecule has 0 saturated heterocycles. The molecule has 0 aliphatic rings. The Balaban J connectivity index is 2.96. The summed E-state index contributed by atoms with van der Waals surface area (Å²) in [5.41, 5.74) is -0.246. The average molecular weight is 253 g/mol. The van der Waals surface area contributed by atoms with Crippen molar-refractivity contribution in [1.29, 1.82) is 0 Å². The second kappa shape index (κ2) is 5.21. The molecule has 16 heavy (non-hydrogen) atoms. The van der Waals surface area contributed by atoms with E-state index >= 15 is 0 Å². The molecule has 0 fully saturated rings. The van der Waals surface area contributed by atoms with Crippen LogP contribution in [0.3, 0.4) is 0 Å². The number of hydrogen-bond donors (Lipinski definition) is 0. The third kappa shape index (κ3) is 3.13. The number of ketones is 1. The lowest BCUT2D eigenvalue weighted by Crippen LogP contribution is -2.12. The molecule has 0 saturated carbocycles. The first-order valence-electron chi connectivity index (χ1n) is 4.34. The van der Waals surface area contributed by atoms with E-state index < -0.39 is 23.6 Å². The van der Waals surface area contributed by atoms with Crippen LogP contribution in [0.5, 0.6) is 5.75 Å². The van der Waals surface area contributed by atoms with Gasteiger partial charge in [0.1, 0.15) is 11.6 Å². The number of alkyl halides is 3. The molecular formula is C10H8ClF3O2. The van der Waals surface area contributed by atoms with E-state index in [2.05, 4.69) is 4.74 Å². The second-order valence-electron chi connectivity index (χ2n) is 3.00. The van der Waals surface area contributed by atoms with Crippen LogP contribution in [0.25, 0.3) is 0 Å². The van der Waals surface area contributed by atoms with Crippen LogP contribution in [0.1, 0.15) is 17.3 Å². The topological polar surface area (TPSA) is 26.3 Å². The molecule has 0 amide bonds. The first-order valence-corrected chi connectivity index (χ1v) is 4.78. The van der Waals surface area contributed by atoms with Gasteiger partial charge in [0.25, 0.3) is 0 Å². The summed E-state index contributed by atoms with van der Waals surface area (Å²) in [4.78, 5) is 11.3. The third-order valence-electron chi connectivity index (χ3n) is 1.79. The molecule has 1 rings (SSSR count). The highest BCUT2D eigenvalue weighted by Gasteiger charge is 2.17. The summed E-state index contributed by atoms with van der Waals surface area (Å²) in [5.74, 6) is -1.88. The summed E-state index contributed by atoms with van der Waals surface area (Å²) in [7, 11) is 0. The van der Waals surface area contributed by atoms with Crippen LogP contribution in [0.4, 0.5) is 13.2 Å². The van der Waals surface area contributed by atoms with Crippen LogP contribution in [0.15, 0.2) is 18.2 Å². The Kier molecular flexibility index (Phi) is 4.18. The van der Waals surface area contributed by atoms with Gasteiger partial charge in [-0.05, 0) is 19.1 Å². The van der Waals surface area contributed by atoms with Crippen molar-refractivity contribution in [2.45, 2.75) is 18.9 Å². The lowest BCUT2D eigenvalue weighted by atomic mass is 10.1. The largest absolute Gasteiger partial charge is 0.435 e. The molecule has 0 aliphatic carbocycles. The maximum absolute atomic E-state index is 13.3. The van der Waals surface area contributed by atoms with Crippen molar-refractivity contribution in [3.8, 4) is 5.75 Å². The highest BCUT2D eigenvalue weighted by molar-refractivity contribution is 6.33. The van der Waals surface area contributed by atoms with Crippen LogP contribution >= 0.6 is 11.6 Å². The monoisotopic (exact) mass is 252 g/mol. The van der Waals surface area contributed by atoms with Gasteiger partial charge in [-0.25, -0.2) is 4.39 Å². The van der Waals surface area contributed by atoms with Gasteiger partial charge in [-0.15, -0.1) is 11.6 Å². The summed E-state index contributed by atoms with van der Waals surface area (Å²) in [6.45, 7) is -1.64. The van der Waals surface area contributed by atoms with Gasteiger partial charge in [0, 0.05) is 6.07 Å². The van der Waals surface area contributed by atoms with Gasteiger partial charge >= 0.3 is 6.61 Å². The summed E-state index contributed by atoms with van der Waals surface area (Å²) >= 11 is 5.49. The molecule has 1 unspecified atom stereocenters. The number of benzene rings is 1. The van der Waals surface area contributed by atoms with Crippen molar-refractivity contribution in [2.24, 2.45) is 0 Å². The SMILES string of the molecule is CC(Cl)C(=O)c1ccc(OC(F)F)cc1F. The molecule has 88 valence electrons. The minimum atomic E-state index is -3.03. The van der Waals surface area contributed by atoms with Gasteiger partial charge in [0.15, 0.2) is 5.78 Å². The number of carbonyl (C=O) groups excluding carboxylic acids is 1. The maximum Gasteiger partial charge on any atom is 0.387 e. The Hall–Kier alpha value is -1.23. The Morgan fingerprint density at radius 3 is 2.50 bits per heavy atom. The third-order valence-corrected chi connectivity index (χ3v) is 1.99. The van der Waals surface area contributed by atoms with Gasteiger partial charge in [-0.1, -0.05) is 0 Å². The zero-order chi connectivity index (χ0) is 12.3. The summed E-state index contributed by atoms with van der Waals surface area (Å²) < 4.78 is 40.9. The van der Waals surface area contributed by atoms with Crippen LogP contribution in [-0.2, 0) is 0 Å². The van der Waals surface area contributed by atoms with E-state index in [0.717, 1.165) is 18.2 Å². The Morgan fingerprint density at radius 2 is 2.06 bits per heavy atom. The fourth-order valence-corrected chi connectivity index (χ4v) is 1.20. The van der Waals surface area contributed by atoms with E-state index in [1.54, 1.807) is 0 Å². The normalized spacial score (nSPS) is 12.6. The molecule has 0 heterocycles. The predicted octanol–water partition coefficient (Wildman–Crippen LogP) is 3.24. The van der Waals surface area contributed by atoms with E-state index in [-0.39, 0.29) is 11.3 Å². The van der Waals surface area contributed by atoms with E-state index in [9.17, 15) is 18.0 Å². The number of rotatable bonds is 4. The molecule has 0 N–H and O–H groups in total. The molecule has 0 bridgehead atoms. The summed E-state index contributed by atoms with van der Waals surface area (Å²) in [5, 5.41) is -0.878. The minimum Gasteiger partial charge on any atom is -0.435 e. The number of hydrogen-bond acceptors (Lipinski definition) is 2. The van der Waals surface area contributed by atoms with E-state index in [1.807, 2.05) is 0 Å². The molecule has 0 radical (unpaired) electrons. The number of ether oxygens (including phenoxy) is 1. The molecule has 1 aromatic rings. The molecule has 1 atom stereocenters. The molecular weight excluding hydrogens is 245 g/mol. The lowest BCUT2D eigenvalue weighted by Gasteiger charge is -2.07. The van der Waals surface area contributed by atoms with Crippen LogP contribution < -0.4 is 4.74 Å². The molecule has 0 aromatic heterocycles. The second-order valence-corrected chi connectivity index (χ2v) is 3.66. The number of Topliss-reactive ketones (excluding diaryl/α,β-unsaturated/α-hetero) is 1.